The lowest BCUT2D eigenvalue weighted by Crippen LogP contribution is -2.20. The number of fused-ring (bicyclic) bond motifs is 1. The van der Waals surface area contributed by atoms with Crippen LogP contribution in [0.15, 0.2) is 12.4 Å². The summed E-state index contributed by atoms with van der Waals surface area (Å²) in [6, 6.07) is 0. The quantitative estimate of drug-likeness (QED) is 0.661. The second-order valence-corrected chi connectivity index (χ2v) is 4.84. The van der Waals surface area contributed by atoms with Crippen molar-refractivity contribution in [3.05, 3.63) is 29.1 Å². The first-order valence-corrected chi connectivity index (χ1v) is 5.61. The Hall–Kier alpha value is -0.850. The van der Waals surface area contributed by atoms with E-state index in [9.17, 15) is 0 Å². The molecule has 0 amide bonds. The number of pyridine rings is 1. The summed E-state index contributed by atoms with van der Waals surface area (Å²) in [5.74, 6) is 1.69. The van der Waals surface area contributed by atoms with Gasteiger partial charge in [0.15, 0.2) is 0 Å². The number of hydrogen-bond donors (Lipinski definition) is 0. The van der Waals surface area contributed by atoms with Gasteiger partial charge in [0.1, 0.15) is 0 Å². The number of aromatic nitrogens is 1. The van der Waals surface area contributed by atoms with Crippen LogP contribution in [-0.4, -0.2) is 4.98 Å². The molecule has 0 bridgehead atoms. The van der Waals surface area contributed by atoms with Gasteiger partial charge in [-0.2, -0.15) is 0 Å². The topological polar surface area (TPSA) is 12.9 Å². The molecule has 2 rings (SSSR count). The minimum atomic E-state index is 0.815. The Morgan fingerprint density at radius 3 is 2.86 bits per heavy atom. The van der Waals surface area contributed by atoms with Crippen molar-refractivity contribution in [2.75, 3.05) is 0 Å². The highest BCUT2D eigenvalue weighted by Gasteiger charge is 2.22. The van der Waals surface area contributed by atoms with E-state index < -0.39 is 0 Å². The Morgan fingerprint density at radius 1 is 1.36 bits per heavy atom. The van der Waals surface area contributed by atoms with Crippen LogP contribution in [-0.2, 0) is 12.8 Å². The van der Waals surface area contributed by atoms with E-state index >= 15 is 0 Å². The summed E-state index contributed by atoms with van der Waals surface area (Å²) >= 11 is 0. The summed E-state index contributed by atoms with van der Waals surface area (Å²) < 4.78 is 0. The van der Waals surface area contributed by atoms with Gasteiger partial charge >= 0.3 is 0 Å². The molecule has 0 aromatic carbocycles. The second kappa shape index (κ2) is 3.72. The van der Waals surface area contributed by atoms with Crippen molar-refractivity contribution in [2.24, 2.45) is 11.8 Å². The van der Waals surface area contributed by atoms with Gasteiger partial charge in [0, 0.05) is 12.4 Å². The molecule has 14 heavy (non-hydrogen) atoms. The first-order chi connectivity index (χ1) is 6.68. The van der Waals surface area contributed by atoms with Crippen molar-refractivity contribution in [2.45, 2.75) is 40.0 Å². The van der Waals surface area contributed by atoms with E-state index in [1.54, 1.807) is 5.56 Å². The van der Waals surface area contributed by atoms with Gasteiger partial charge in [-0.25, -0.2) is 0 Å². The number of hydrogen-bond acceptors (Lipinski definition) is 1. The maximum absolute atomic E-state index is 4.27. The van der Waals surface area contributed by atoms with Crippen LogP contribution in [0.5, 0.6) is 0 Å². The lowest BCUT2D eigenvalue weighted by atomic mass is 9.78. The van der Waals surface area contributed by atoms with Gasteiger partial charge in [-0.15, -0.1) is 0 Å². The second-order valence-electron chi connectivity index (χ2n) is 4.84. The van der Waals surface area contributed by atoms with E-state index in [2.05, 4.69) is 32.0 Å². The van der Waals surface area contributed by atoms with Crippen LogP contribution in [0.4, 0.5) is 0 Å². The van der Waals surface area contributed by atoms with Crippen molar-refractivity contribution >= 4 is 0 Å². The Labute approximate surface area is 86.6 Å². The first-order valence-electron chi connectivity index (χ1n) is 5.61. The summed E-state index contributed by atoms with van der Waals surface area (Å²) in [5, 5.41) is 0. The van der Waals surface area contributed by atoms with Gasteiger partial charge in [-0.3, -0.25) is 4.98 Å². The highest BCUT2D eigenvalue weighted by atomic mass is 14.6. The van der Waals surface area contributed by atoms with Crippen molar-refractivity contribution in [1.82, 2.24) is 4.98 Å². The smallest absolute Gasteiger partial charge is 0.0302 e. The average molecular weight is 189 g/mol. The van der Waals surface area contributed by atoms with Gasteiger partial charge in [0.05, 0.1) is 0 Å². The van der Waals surface area contributed by atoms with E-state index in [1.807, 2.05) is 6.20 Å². The predicted molar refractivity (Wildman–Crippen MR) is 59.3 cm³/mol. The Morgan fingerprint density at radius 2 is 2.14 bits per heavy atom. The van der Waals surface area contributed by atoms with Crippen LogP contribution < -0.4 is 0 Å². The van der Waals surface area contributed by atoms with Gasteiger partial charge in [0.2, 0.25) is 0 Å². The SMILES string of the molecule is Cc1cncc2c1C[C@@H](C(C)C)CC2. The summed E-state index contributed by atoms with van der Waals surface area (Å²) in [5.41, 5.74) is 4.44. The van der Waals surface area contributed by atoms with Gasteiger partial charge in [-0.1, -0.05) is 13.8 Å². The molecule has 0 radical (unpaired) electrons. The fraction of sp³-hybridized carbons (Fsp3) is 0.615. The maximum atomic E-state index is 4.27. The molecule has 1 aliphatic rings. The van der Waals surface area contributed by atoms with Crippen molar-refractivity contribution in [3.8, 4) is 0 Å². The number of rotatable bonds is 1. The molecular formula is C13H19N. The maximum Gasteiger partial charge on any atom is 0.0302 e. The Kier molecular flexibility index (Phi) is 2.58. The molecule has 0 saturated heterocycles. The fourth-order valence-electron chi connectivity index (χ4n) is 2.43. The molecule has 0 saturated carbocycles. The zero-order valence-corrected chi connectivity index (χ0v) is 9.38. The van der Waals surface area contributed by atoms with Crippen molar-refractivity contribution < 1.29 is 0 Å². The molecule has 0 N–H and O–H groups in total. The van der Waals surface area contributed by atoms with Gasteiger partial charge in [-0.05, 0) is 54.7 Å². The van der Waals surface area contributed by atoms with Crippen LogP contribution in [0.3, 0.4) is 0 Å². The monoisotopic (exact) mass is 189 g/mol. The van der Waals surface area contributed by atoms with Crippen LogP contribution in [0.25, 0.3) is 0 Å². The summed E-state index contributed by atoms with van der Waals surface area (Å²) in [6.45, 7) is 6.87. The molecule has 1 heterocycles. The first kappa shape index (κ1) is 9.70. The zero-order valence-electron chi connectivity index (χ0n) is 9.38. The summed E-state index contributed by atoms with van der Waals surface area (Å²) in [6.07, 6.45) is 7.89. The third-order valence-electron chi connectivity index (χ3n) is 3.56. The van der Waals surface area contributed by atoms with Gasteiger partial charge in [0.25, 0.3) is 0 Å². The standard InChI is InChI=1S/C13H19N/c1-9(2)11-4-5-12-8-14-7-10(3)13(12)6-11/h7-9,11H,4-6H2,1-3H3/t11-/m0/s1. The molecule has 76 valence electrons. The largest absolute Gasteiger partial charge is 0.264 e. The molecule has 1 aromatic heterocycles. The minimum Gasteiger partial charge on any atom is -0.264 e. The third-order valence-corrected chi connectivity index (χ3v) is 3.56. The lowest BCUT2D eigenvalue weighted by molar-refractivity contribution is 0.342. The molecular weight excluding hydrogens is 170 g/mol. The molecule has 1 atom stereocenters. The van der Waals surface area contributed by atoms with Crippen LogP contribution >= 0.6 is 0 Å². The van der Waals surface area contributed by atoms with E-state index in [4.69, 9.17) is 0 Å². The average Bonchev–Trinajstić information content (AvgIpc) is 2.18. The van der Waals surface area contributed by atoms with Crippen LogP contribution in [0.1, 0.15) is 37.0 Å². The number of aryl methyl sites for hydroxylation is 2. The molecule has 0 spiro atoms. The molecule has 0 fully saturated rings. The Bertz CT molecular complexity index is 328. The molecule has 1 nitrogen and oxygen atoms in total. The molecule has 0 aliphatic heterocycles. The van der Waals surface area contributed by atoms with Crippen molar-refractivity contribution in [1.29, 1.82) is 0 Å². The van der Waals surface area contributed by atoms with Crippen LogP contribution in [0.2, 0.25) is 0 Å². The van der Waals surface area contributed by atoms with E-state index in [1.165, 1.54) is 30.4 Å². The Balaban J connectivity index is 2.29. The molecule has 1 aromatic rings. The van der Waals surface area contributed by atoms with Crippen molar-refractivity contribution in [3.63, 3.8) is 0 Å². The predicted octanol–water partition coefficient (Wildman–Crippen LogP) is 3.15. The van der Waals surface area contributed by atoms with E-state index in [0.29, 0.717) is 0 Å². The minimum absolute atomic E-state index is 0.815. The molecule has 1 aliphatic carbocycles. The molecule has 1 heteroatoms. The van der Waals surface area contributed by atoms with E-state index in [0.717, 1.165) is 11.8 Å². The highest BCUT2D eigenvalue weighted by molar-refractivity contribution is 5.33. The van der Waals surface area contributed by atoms with Gasteiger partial charge < -0.3 is 0 Å². The van der Waals surface area contributed by atoms with Crippen LogP contribution in [0, 0.1) is 18.8 Å². The van der Waals surface area contributed by atoms with E-state index in [-0.39, 0.29) is 0 Å². The lowest BCUT2D eigenvalue weighted by Gasteiger charge is -2.28. The highest BCUT2D eigenvalue weighted by Crippen LogP contribution is 2.31. The number of nitrogens with zero attached hydrogens (tertiary/aromatic N) is 1. The summed E-state index contributed by atoms with van der Waals surface area (Å²) in [7, 11) is 0. The fourth-order valence-corrected chi connectivity index (χ4v) is 2.43. The third kappa shape index (κ3) is 1.68. The summed E-state index contributed by atoms with van der Waals surface area (Å²) in [4.78, 5) is 4.27. The molecule has 0 unspecified atom stereocenters. The normalized spacial score (nSPS) is 21.0. The zero-order chi connectivity index (χ0) is 10.1.